The van der Waals surface area contributed by atoms with Crippen LogP contribution in [0.4, 0.5) is 11.4 Å². The summed E-state index contributed by atoms with van der Waals surface area (Å²) in [6.45, 7) is 1.33. The lowest BCUT2D eigenvalue weighted by molar-refractivity contribution is -0.137. The first kappa shape index (κ1) is 16.0. The maximum absolute atomic E-state index is 12.1. The Morgan fingerprint density at radius 3 is 2.75 bits per heavy atom. The topological polar surface area (TPSA) is 99.2 Å². The summed E-state index contributed by atoms with van der Waals surface area (Å²) in [6.07, 6.45) is 0.600. The van der Waals surface area contributed by atoms with E-state index in [1.54, 1.807) is 32.2 Å². The number of carbonyl (C=O) groups excluding carboxylic acids is 3. The standard InChI is InChI=1S/C16H17N3O5/c1-9-15(22)18(2)12-4-3-10(7-13(12)24-9)17-11-8-14(21)19(5-6-20)16(11)23/h3-4,7-9,17,20H,5-6H2,1-2H3. The van der Waals surface area contributed by atoms with Crippen LogP contribution in [0.3, 0.4) is 0 Å². The highest BCUT2D eigenvalue weighted by molar-refractivity contribution is 6.17. The third-order valence-corrected chi connectivity index (χ3v) is 3.92. The van der Waals surface area contributed by atoms with Gasteiger partial charge in [-0.1, -0.05) is 0 Å². The van der Waals surface area contributed by atoms with E-state index in [-0.39, 0.29) is 24.8 Å². The van der Waals surface area contributed by atoms with Crippen LogP contribution in [0.1, 0.15) is 6.92 Å². The van der Waals surface area contributed by atoms with Crippen molar-refractivity contribution in [2.24, 2.45) is 0 Å². The molecule has 24 heavy (non-hydrogen) atoms. The number of aliphatic hydroxyl groups excluding tert-OH is 1. The number of fused-ring (bicyclic) bond motifs is 1. The first-order chi connectivity index (χ1) is 11.4. The molecule has 3 rings (SSSR count). The van der Waals surface area contributed by atoms with Gasteiger partial charge in [-0.05, 0) is 19.1 Å². The predicted octanol–water partition coefficient (Wildman–Crippen LogP) is 0.0872. The van der Waals surface area contributed by atoms with Crippen LogP contribution < -0.4 is 15.0 Å². The van der Waals surface area contributed by atoms with Crippen molar-refractivity contribution in [3.63, 3.8) is 0 Å². The lowest BCUT2D eigenvalue weighted by Gasteiger charge is -2.30. The molecule has 1 unspecified atom stereocenters. The van der Waals surface area contributed by atoms with Crippen molar-refractivity contribution in [2.75, 3.05) is 30.4 Å². The molecular formula is C16H17N3O5. The van der Waals surface area contributed by atoms with E-state index in [9.17, 15) is 14.4 Å². The van der Waals surface area contributed by atoms with Crippen LogP contribution in [0.15, 0.2) is 30.0 Å². The van der Waals surface area contributed by atoms with E-state index >= 15 is 0 Å². The van der Waals surface area contributed by atoms with Crippen LogP contribution in [0, 0.1) is 0 Å². The molecule has 8 heteroatoms. The molecular weight excluding hydrogens is 314 g/mol. The fourth-order valence-electron chi connectivity index (χ4n) is 2.66. The van der Waals surface area contributed by atoms with E-state index in [0.29, 0.717) is 17.1 Å². The number of imide groups is 1. The van der Waals surface area contributed by atoms with Crippen molar-refractivity contribution in [2.45, 2.75) is 13.0 Å². The Morgan fingerprint density at radius 2 is 2.04 bits per heavy atom. The minimum atomic E-state index is -0.591. The summed E-state index contributed by atoms with van der Waals surface area (Å²) in [5.74, 6) is -0.584. The third kappa shape index (κ3) is 2.61. The van der Waals surface area contributed by atoms with Gasteiger partial charge in [-0.2, -0.15) is 0 Å². The number of likely N-dealkylation sites (N-methyl/N-ethyl adjacent to an activating group) is 1. The molecule has 0 saturated carbocycles. The minimum Gasteiger partial charge on any atom is -0.479 e. The highest BCUT2D eigenvalue weighted by atomic mass is 16.5. The van der Waals surface area contributed by atoms with Gasteiger partial charge in [0.15, 0.2) is 6.10 Å². The molecule has 0 aromatic heterocycles. The van der Waals surface area contributed by atoms with E-state index < -0.39 is 17.9 Å². The minimum absolute atomic E-state index is 0.0446. The number of hydrogen-bond donors (Lipinski definition) is 2. The number of hydrogen-bond acceptors (Lipinski definition) is 6. The summed E-state index contributed by atoms with van der Waals surface area (Å²) in [5.41, 5.74) is 1.32. The zero-order chi connectivity index (χ0) is 17.4. The van der Waals surface area contributed by atoms with Gasteiger partial charge in [0.05, 0.1) is 18.8 Å². The van der Waals surface area contributed by atoms with Crippen LogP contribution in [-0.4, -0.2) is 54.0 Å². The third-order valence-electron chi connectivity index (χ3n) is 3.92. The number of aliphatic hydroxyl groups is 1. The molecule has 8 nitrogen and oxygen atoms in total. The van der Waals surface area contributed by atoms with E-state index in [0.717, 1.165) is 4.90 Å². The molecule has 3 amide bonds. The zero-order valence-corrected chi connectivity index (χ0v) is 13.3. The van der Waals surface area contributed by atoms with Crippen LogP contribution >= 0.6 is 0 Å². The quantitative estimate of drug-likeness (QED) is 0.759. The number of ether oxygens (including phenoxy) is 1. The molecule has 2 aliphatic rings. The van der Waals surface area contributed by atoms with Gasteiger partial charge in [0, 0.05) is 24.9 Å². The Morgan fingerprint density at radius 1 is 1.29 bits per heavy atom. The molecule has 0 spiro atoms. The van der Waals surface area contributed by atoms with Crippen LogP contribution in [0.2, 0.25) is 0 Å². The van der Waals surface area contributed by atoms with Crippen molar-refractivity contribution >= 4 is 29.1 Å². The second-order valence-electron chi connectivity index (χ2n) is 5.54. The molecule has 0 fully saturated rings. The Hall–Kier alpha value is -2.87. The average molecular weight is 331 g/mol. The molecule has 1 aromatic carbocycles. The fraction of sp³-hybridized carbons (Fsp3) is 0.312. The number of anilines is 2. The SMILES string of the molecule is CC1Oc2cc(NC3=CC(=O)N(CCO)C3=O)ccc2N(C)C1=O. The molecule has 0 radical (unpaired) electrons. The van der Waals surface area contributed by atoms with Gasteiger partial charge in [0.2, 0.25) is 0 Å². The fourth-order valence-corrected chi connectivity index (χ4v) is 2.66. The van der Waals surface area contributed by atoms with Crippen molar-refractivity contribution in [1.82, 2.24) is 4.90 Å². The van der Waals surface area contributed by atoms with Crippen molar-refractivity contribution in [3.8, 4) is 5.75 Å². The van der Waals surface area contributed by atoms with Gasteiger partial charge >= 0.3 is 0 Å². The lowest BCUT2D eigenvalue weighted by Crippen LogP contribution is -2.41. The van der Waals surface area contributed by atoms with Crippen molar-refractivity contribution in [1.29, 1.82) is 0 Å². The molecule has 2 heterocycles. The summed E-state index contributed by atoms with van der Waals surface area (Å²) in [6, 6.07) is 5.06. The Bertz CT molecular complexity index is 758. The van der Waals surface area contributed by atoms with Gasteiger partial charge in [0.25, 0.3) is 17.7 Å². The smallest absolute Gasteiger partial charge is 0.277 e. The maximum Gasteiger partial charge on any atom is 0.277 e. The first-order valence-electron chi connectivity index (χ1n) is 7.46. The van der Waals surface area contributed by atoms with Crippen LogP contribution in [-0.2, 0) is 14.4 Å². The monoisotopic (exact) mass is 331 g/mol. The van der Waals surface area contributed by atoms with Gasteiger partial charge in [-0.25, -0.2) is 0 Å². The Kier molecular flexibility index (Phi) is 3.98. The first-order valence-corrected chi connectivity index (χ1v) is 7.46. The number of nitrogens with zero attached hydrogens (tertiary/aromatic N) is 2. The van der Waals surface area contributed by atoms with Crippen LogP contribution in [0.25, 0.3) is 0 Å². The van der Waals surface area contributed by atoms with E-state index in [4.69, 9.17) is 9.84 Å². The Balaban J connectivity index is 1.82. The number of carbonyl (C=O) groups is 3. The van der Waals surface area contributed by atoms with E-state index in [1.807, 2.05) is 0 Å². The summed E-state index contributed by atoms with van der Waals surface area (Å²) < 4.78 is 5.58. The summed E-state index contributed by atoms with van der Waals surface area (Å²) in [4.78, 5) is 38.2. The van der Waals surface area contributed by atoms with Gasteiger partial charge in [0.1, 0.15) is 11.4 Å². The normalized spacial score (nSPS) is 20.0. The molecule has 0 aliphatic carbocycles. The predicted molar refractivity (Wildman–Crippen MR) is 85.5 cm³/mol. The zero-order valence-electron chi connectivity index (χ0n) is 13.3. The summed E-state index contributed by atoms with van der Waals surface area (Å²) in [5, 5.41) is 11.8. The molecule has 1 atom stereocenters. The molecule has 0 saturated heterocycles. The summed E-state index contributed by atoms with van der Waals surface area (Å²) in [7, 11) is 1.67. The molecule has 126 valence electrons. The van der Waals surface area contributed by atoms with Gasteiger partial charge < -0.3 is 20.1 Å². The van der Waals surface area contributed by atoms with Gasteiger partial charge in [-0.3, -0.25) is 19.3 Å². The van der Waals surface area contributed by atoms with E-state index in [2.05, 4.69) is 5.32 Å². The number of β-amino-alcohol motifs (C(OH)–C–C–N with tert-alkyl or cyclic N) is 1. The number of benzene rings is 1. The number of rotatable bonds is 4. The maximum atomic E-state index is 12.1. The molecule has 2 N–H and O–H groups in total. The van der Waals surface area contributed by atoms with E-state index in [1.165, 1.54) is 11.0 Å². The Labute approximate surface area is 138 Å². The molecule has 2 aliphatic heterocycles. The lowest BCUT2D eigenvalue weighted by atomic mass is 10.2. The second-order valence-corrected chi connectivity index (χ2v) is 5.54. The highest BCUT2D eigenvalue weighted by Gasteiger charge is 2.32. The number of nitrogens with one attached hydrogen (secondary N) is 1. The second kappa shape index (κ2) is 5.97. The molecule has 0 bridgehead atoms. The van der Waals surface area contributed by atoms with Crippen molar-refractivity contribution in [3.05, 3.63) is 30.0 Å². The molecule has 1 aromatic rings. The summed E-state index contributed by atoms with van der Waals surface area (Å²) >= 11 is 0. The average Bonchev–Trinajstić information content (AvgIpc) is 2.80. The van der Waals surface area contributed by atoms with Gasteiger partial charge in [-0.15, -0.1) is 0 Å². The van der Waals surface area contributed by atoms with Crippen LogP contribution in [0.5, 0.6) is 5.75 Å². The largest absolute Gasteiger partial charge is 0.479 e. The number of amides is 3. The van der Waals surface area contributed by atoms with Crippen molar-refractivity contribution < 1.29 is 24.2 Å². The highest BCUT2D eigenvalue weighted by Crippen LogP contribution is 2.35.